The Morgan fingerprint density at radius 1 is 1.13 bits per heavy atom. The molecule has 0 aliphatic carbocycles. The number of nitriles is 1. The summed E-state index contributed by atoms with van der Waals surface area (Å²) in [5.74, 6) is 1.40. The number of ether oxygens (including phenoxy) is 1. The predicted molar refractivity (Wildman–Crippen MR) is 144 cm³/mol. The number of hydrogen-bond acceptors (Lipinski definition) is 6. The Bertz CT molecular complexity index is 1510. The van der Waals surface area contributed by atoms with Gasteiger partial charge in [0.25, 0.3) is 5.91 Å². The number of amides is 2. The van der Waals surface area contributed by atoms with Crippen LogP contribution in [0.1, 0.15) is 40.7 Å². The molecule has 0 bridgehead atoms. The molecule has 1 fully saturated rings. The first-order chi connectivity index (χ1) is 18.5. The molecule has 38 heavy (non-hydrogen) atoms. The molecular formula is C29H28N6O3. The van der Waals surface area contributed by atoms with E-state index >= 15 is 0 Å². The quantitative estimate of drug-likeness (QED) is 0.314. The van der Waals surface area contributed by atoms with Gasteiger partial charge in [0, 0.05) is 37.9 Å². The van der Waals surface area contributed by atoms with E-state index in [1.54, 1.807) is 10.7 Å². The van der Waals surface area contributed by atoms with E-state index in [2.05, 4.69) is 21.8 Å². The van der Waals surface area contributed by atoms with Crippen LogP contribution in [0.4, 0.5) is 11.4 Å². The number of aryl methyl sites for hydroxylation is 1. The number of rotatable bonds is 9. The van der Waals surface area contributed by atoms with Crippen LogP contribution in [-0.4, -0.2) is 46.0 Å². The molecule has 2 N–H and O–H groups in total. The Labute approximate surface area is 220 Å². The van der Waals surface area contributed by atoms with Crippen LogP contribution in [0.15, 0.2) is 67.0 Å². The van der Waals surface area contributed by atoms with Crippen molar-refractivity contribution in [3.8, 4) is 17.6 Å². The number of likely N-dealkylation sites (tertiary alicyclic amines) is 1. The van der Waals surface area contributed by atoms with Crippen molar-refractivity contribution in [2.45, 2.75) is 26.2 Å². The van der Waals surface area contributed by atoms with Gasteiger partial charge in [-0.1, -0.05) is 18.2 Å². The van der Waals surface area contributed by atoms with Gasteiger partial charge in [0.15, 0.2) is 0 Å². The van der Waals surface area contributed by atoms with Crippen LogP contribution in [0.5, 0.6) is 11.5 Å². The minimum absolute atomic E-state index is 0.184. The normalized spacial score (nSPS) is 12.9. The number of benzene rings is 2. The van der Waals surface area contributed by atoms with Crippen LogP contribution in [-0.2, 0) is 4.79 Å². The lowest BCUT2D eigenvalue weighted by Gasteiger charge is -2.15. The summed E-state index contributed by atoms with van der Waals surface area (Å²) >= 11 is 0. The van der Waals surface area contributed by atoms with Crippen molar-refractivity contribution in [2.24, 2.45) is 0 Å². The smallest absolute Gasteiger partial charge is 0.253 e. The molecule has 4 aromatic rings. The van der Waals surface area contributed by atoms with E-state index < -0.39 is 0 Å². The largest absolute Gasteiger partial charge is 0.457 e. The minimum Gasteiger partial charge on any atom is -0.457 e. The number of carbonyl (C=O) groups excluding carboxylic acids is 2. The fourth-order valence-electron chi connectivity index (χ4n) is 4.61. The average molecular weight is 509 g/mol. The number of carbonyl (C=O) groups is 2. The van der Waals surface area contributed by atoms with Crippen molar-refractivity contribution in [1.82, 2.24) is 19.8 Å². The molecule has 9 nitrogen and oxygen atoms in total. The van der Waals surface area contributed by atoms with Crippen molar-refractivity contribution in [2.75, 3.05) is 25.0 Å². The van der Waals surface area contributed by atoms with Crippen molar-refractivity contribution in [1.29, 1.82) is 5.26 Å². The molecule has 0 spiro atoms. The molecule has 9 heteroatoms. The predicted octanol–water partition coefficient (Wildman–Crippen LogP) is 4.79. The lowest BCUT2D eigenvalue weighted by Crippen LogP contribution is -2.30. The van der Waals surface area contributed by atoms with E-state index in [9.17, 15) is 14.9 Å². The van der Waals surface area contributed by atoms with Crippen molar-refractivity contribution >= 4 is 28.7 Å². The molecule has 0 unspecified atom stereocenters. The van der Waals surface area contributed by atoms with Gasteiger partial charge in [-0.05, 0) is 61.7 Å². The van der Waals surface area contributed by atoms with E-state index in [0.29, 0.717) is 59.6 Å². The summed E-state index contributed by atoms with van der Waals surface area (Å²) in [6, 6.07) is 19.1. The SMILES string of the molecule is Cc1c(C(=O)NCCCN2CCCC2=O)cn2ncc(C#N)c(Nc3ccc(Oc4ccccc4)cc3)c12. The number of aromatic nitrogens is 2. The van der Waals surface area contributed by atoms with Gasteiger partial charge >= 0.3 is 0 Å². The number of nitrogens with zero attached hydrogens (tertiary/aromatic N) is 4. The number of hydrogen-bond donors (Lipinski definition) is 2. The summed E-state index contributed by atoms with van der Waals surface area (Å²) in [7, 11) is 0. The van der Waals surface area contributed by atoms with E-state index in [1.165, 1.54) is 6.20 Å². The van der Waals surface area contributed by atoms with Crippen LogP contribution in [0, 0.1) is 18.3 Å². The highest BCUT2D eigenvalue weighted by Gasteiger charge is 2.21. The number of para-hydroxylation sites is 1. The Kier molecular flexibility index (Phi) is 7.22. The fourth-order valence-corrected chi connectivity index (χ4v) is 4.61. The summed E-state index contributed by atoms with van der Waals surface area (Å²) in [6.07, 6.45) is 5.37. The second-order valence-electron chi connectivity index (χ2n) is 9.16. The number of fused-ring (bicyclic) bond motifs is 1. The topological polar surface area (TPSA) is 112 Å². The van der Waals surface area contributed by atoms with E-state index in [0.717, 1.165) is 24.4 Å². The molecule has 2 amide bonds. The van der Waals surface area contributed by atoms with Gasteiger partial charge in [-0.3, -0.25) is 9.59 Å². The summed E-state index contributed by atoms with van der Waals surface area (Å²) in [5.41, 5.74) is 3.56. The van der Waals surface area contributed by atoms with Crippen molar-refractivity contribution in [3.05, 3.63) is 83.7 Å². The fraction of sp³-hybridized carbons (Fsp3) is 0.241. The molecule has 3 heterocycles. The first-order valence-electron chi connectivity index (χ1n) is 12.6. The van der Waals surface area contributed by atoms with Gasteiger partial charge in [0.2, 0.25) is 5.91 Å². The molecule has 0 radical (unpaired) electrons. The first-order valence-corrected chi connectivity index (χ1v) is 12.6. The lowest BCUT2D eigenvalue weighted by molar-refractivity contribution is -0.127. The Morgan fingerprint density at radius 3 is 2.61 bits per heavy atom. The zero-order valence-corrected chi connectivity index (χ0v) is 21.1. The van der Waals surface area contributed by atoms with Crippen LogP contribution >= 0.6 is 0 Å². The molecule has 0 saturated carbocycles. The summed E-state index contributed by atoms with van der Waals surface area (Å²) in [5, 5.41) is 20.4. The molecule has 1 aliphatic rings. The second kappa shape index (κ2) is 11.0. The maximum atomic E-state index is 13.0. The molecule has 5 rings (SSSR count). The highest BCUT2D eigenvalue weighted by molar-refractivity contribution is 6.00. The third-order valence-electron chi connectivity index (χ3n) is 6.59. The van der Waals surface area contributed by atoms with E-state index in [-0.39, 0.29) is 11.8 Å². The van der Waals surface area contributed by atoms with Crippen LogP contribution < -0.4 is 15.4 Å². The number of anilines is 2. The van der Waals surface area contributed by atoms with Gasteiger partial charge in [-0.15, -0.1) is 0 Å². The first kappa shape index (κ1) is 24.8. The maximum absolute atomic E-state index is 13.0. The molecule has 2 aromatic carbocycles. The zero-order valence-electron chi connectivity index (χ0n) is 21.1. The van der Waals surface area contributed by atoms with Crippen molar-refractivity contribution in [3.63, 3.8) is 0 Å². The zero-order chi connectivity index (χ0) is 26.5. The van der Waals surface area contributed by atoms with Gasteiger partial charge in [0.1, 0.15) is 17.6 Å². The summed E-state index contributed by atoms with van der Waals surface area (Å²) in [6.45, 7) is 3.75. The highest BCUT2D eigenvalue weighted by atomic mass is 16.5. The average Bonchev–Trinajstić information content (AvgIpc) is 3.50. The standard InChI is InChI=1S/C29H28N6O3/c1-20-25(29(37)31-14-6-16-34-15-5-9-26(34)36)19-35-28(20)27(21(17-30)18-32-35)33-22-10-12-24(13-11-22)38-23-7-3-2-4-8-23/h2-4,7-8,10-13,18-19,33H,5-6,9,14-16H2,1H3,(H,31,37). The second-order valence-corrected chi connectivity index (χ2v) is 9.16. The van der Waals surface area contributed by atoms with E-state index in [4.69, 9.17) is 4.74 Å². The van der Waals surface area contributed by atoms with Crippen LogP contribution in [0.2, 0.25) is 0 Å². The van der Waals surface area contributed by atoms with Gasteiger partial charge in [-0.25, -0.2) is 4.52 Å². The molecule has 2 aromatic heterocycles. The van der Waals surface area contributed by atoms with Gasteiger partial charge < -0.3 is 20.3 Å². The third kappa shape index (κ3) is 5.30. The molecule has 0 atom stereocenters. The minimum atomic E-state index is -0.215. The Hall–Kier alpha value is -4.84. The van der Waals surface area contributed by atoms with Crippen LogP contribution in [0.3, 0.4) is 0 Å². The number of nitrogens with one attached hydrogen (secondary N) is 2. The highest BCUT2D eigenvalue weighted by Crippen LogP contribution is 2.31. The van der Waals surface area contributed by atoms with Crippen molar-refractivity contribution < 1.29 is 14.3 Å². The van der Waals surface area contributed by atoms with Crippen LogP contribution in [0.25, 0.3) is 5.52 Å². The molecule has 1 aliphatic heterocycles. The van der Waals surface area contributed by atoms with Gasteiger partial charge in [0.05, 0.1) is 28.5 Å². The summed E-state index contributed by atoms with van der Waals surface area (Å²) in [4.78, 5) is 26.6. The monoisotopic (exact) mass is 508 g/mol. The summed E-state index contributed by atoms with van der Waals surface area (Å²) < 4.78 is 7.48. The Balaban J connectivity index is 1.31. The van der Waals surface area contributed by atoms with E-state index in [1.807, 2.05) is 66.4 Å². The molecule has 192 valence electrons. The molecular weight excluding hydrogens is 480 g/mol. The lowest BCUT2D eigenvalue weighted by atomic mass is 10.1. The Morgan fingerprint density at radius 2 is 1.89 bits per heavy atom. The molecule has 1 saturated heterocycles. The van der Waals surface area contributed by atoms with Gasteiger partial charge in [-0.2, -0.15) is 10.4 Å². The third-order valence-corrected chi connectivity index (χ3v) is 6.59. The maximum Gasteiger partial charge on any atom is 0.253 e.